The van der Waals surface area contributed by atoms with Crippen molar-refractivity contribution in [2.24, 2.45) is 5.92 Å². The van der Waals surface area contributed by atoms with E-state index in [9.17, 15) is 0 Å². The van der Waals surface area contributed by atoms with Crippen molar-refractivity contribution < 1.29 is 5.11 Å². The standard InChI is InChI=1S/C9H16N2O/c1-8-5-9(7-12)11(6-8)4-2-3-10/h8-9,12H,2,4-7H2,1H3/t8-,9+/m0/s1. The molecule has 1 saturated heterocycles. The van der Waals surface area contributed by atoms with E-state index in [1.807, 2.05) is 0 Å². The second-order valence-electron chi connectivity index (χ2n) is 3.58. The summed E-state index contributed by atoms with van der Waals surface area (Å²) in [7, 11) is 0. The summed E-state index contributed by atoms with van der Waals surface area (Å²) in [4.78, 5) is 2.22. The first-order chi connectivity index (χ1) is 5.77. The molecule has 1 fully saturated rings. The van der Waals surface area contributed by atoms with Crippen LogP contribution in [0.5, 0.6) is 0 Å². The molecule has 0 amide bonds. The normalized spacial score (nSPS) is 30.4. The summed E-state index contributed by atoms with van der Waals surface area (Å²) < 4.78 is 0. The van der Waals surface area contributed by atoms with Gasteiger partial charge in [0.1, 0.15) is 0 Å². The van der Waals surface area contributed by atoms with E-state index in [1.165, 1.54) is 0 Å². The van der Waals surface area contributed by atoms with Crippen LogP contribution in [0.3, 0.4) is 0 Å². The van der Waals surface area contributed by atoms with Crippen molar-refractivity contribution in [1.29, 1.82) is 5.26 Å². The van der Waals surface area contributed by atoms with Crippen LogP contribution < -0.4 is 0 Å². The highest BCUT2D eigenvalue weighted by Crippen LogP contribution is 2.21. The Morgan fingerprint density at radius 2 is 2.42 bits per heavy atom. The van der Waals surface area contributed by atoms with Crippen molar-refractivity contribution in [1.82, 2.24) is 4.90 Å². The third kappa shape index (κ3) is 2.20. The molecule has 0 unspecified atom stereocenters. The first-order valence-electron chi connectivity index (χ1n) is 4.49. The van der Waals surface area contributed by atoms with Crippen LogP contribution in [0, 0.1) is 17.2 Å². The molecule has 0 saturated carbocycles. The molecule has 0 spiro atoms. The van der Waals surface area contributed by atoms with Gasteiger partial charge in [0.15, 0.2) is 0 Å². The molecular formula is C9H16N2O. The van der Waals surface area contributed by atoms with E-state index in [0.717, 1.165) is 19.5 Å². The summed E-state index contributed by atoms with van der Waals surface area (Å²) in [6.45, 7) is 4.27. The topological polar surface area (TPSA) is 47.3 Å². The van der Waals surface area contributed by atoms with Crippen molar-refractivity contribution in [2.75, 3.05) is 19.7 Å². The minimum atomic E-state index is 0.232. The molecule has 1 heterocycles. The van der Waals surface area contributed by atoms with Crippen LogP contribution in [-0.2, 0) is 0 Å². The molecule has 0 aromatic rings. The highest BCUT2D eigenvalue weighted by molar-refractivity contribution is 4.84. The number of aliphatic hydroxyl groups is 1. The van der Waals surface area contributed by atoms with Crippen molar-refractivity contribution in [3.05, 3.63) is 0 Å². The van der Waals surface area contributed by atoms with Gasteiger partial charge in [-0.05, 0) is 12.3 Å². The number of likely N-dealkylation sites (tertiary alicyclic amines) is 1. The first-order valence-corrected chi connectivity index (χ1v) is 4.49. The van der Waals surface area contributed by atoms with Crippen molar-refractivity contribution in [3.8, 4) is 6.07 Å². The largest absolute Gasteiger partial charge is 0.395 e. The second kappa shape index (κ2) is 4.44. The molecule has 1 rings (SSSR count). The molecule has 3 nitrogen and oxygen atoms in total. The Bertz CT molecular complexity index is 176. The van der Waals surface area contributed by atoms with Crippen molar-refractivity contribution in [3.63, 3.8) is 0 Å². The zero-order valence-corrected chi connectivity index (χ0v) is 7.53. The molecule has 1 aliphatic heterocycles. The van der Waals surface area contributed by atoms with Gasteiger partial charge in [0.2, 0.25) is 0 Å². The van der Waals surface area contributed by atoms with Crippen LogP contribution in [-0.4, -0.2) is 35.7 Å². The van der Waals surface area contributed by atoms with Gasteiger partial charge >= 0.3 is 0 Å². The molecule has 68 valence electrons. The number of hydrogen-bond acceptors (Lipinski definition) is 3. The maximum atomic E-state index is 9.03. The zero-order chi connectivity index (χ0) is 8.97. The van der Waals surface area contributed by atoms with Gasteiger partial charge in [0.05, 0.1) is 12.7 Å². The molecule has 0 radical (unpaired) electrons. The maximum Gasteiger partial charge on any atom is 0.0635 e. The van der Waals surface area contributed by atoms with Gasteiger partial charge in [-0.25, -0.2) is 0 Å². The second-order valence-corrected chi connectivity index (χ2v) is 3.58. The summed E-state index contributed by atoms with van der Waals surface area (Å²) >= 11 is 0. The Hall–Kier alpha value is -0.590. The smallest absolute Gasteiger partial charge is 0.0635 e. The SMILES string of the molecule is C[C@H]1C[C@H](CO)N(CCC#N)C1. The third-order valence-corrected chi connectivity index (χ3v) is 2.46. The fourth-order valence-corrected chi connectivity index (χ4v) is 1.89. The van der Waals surface area contributed by atoms with E-state index in [-0.39, 0.29) is 6.61 Å². The van der Waals surface area contributed by atoms with Gasteiger partial charge in [0, 0.05) is 25.6 Å². The number of rotatable bonds is 3. The van der Waals surface area contributed by atoms with Gasteiger partial charge in [0.25, 0.3) is 0 Å². The summed E-state index contributed by atoms with van der Waals surface area (Å²) in [5, 5.41) is 17.4. The summed E-state index contributed by atoms with van der Waals surface area (Å²) in [5.41, 5.74) is 0. The average Bonchev–Trinajstić information content (AvgIpc) is 2.42. The van der Waals surface area contributed by atoms with E-state index >= 15 is 0 Å². The predicted octanol–water partition coefficient (Wildman–Crippen LogP) is 0.603. The van der Waals surface area contributed by atoms with Crippen LogP contribution in [0.4, 0.5) is 0 Å². The lowest BCUT2D eigenvalue weighted by atomic mass is 10.1. The Kier molecular flexibility index (Phi) is 3.51. The van der Waals surface area contributed by atoms with Crippen LogP contribution >= 0.6 is 0 Å². The van der Waals surface area contributed by atoms with Crippen molar-refractivity contribution in [2.45, 2.75) is 25.8 Å². The average molecular weight is 168 g/mol. The summed E-state index contributed by atoms with van der Waals surface area (Å²) in [6.07, 6.45) is 1.64. The summed E-state index contributed by atoms with van der Waals surface area (Å²) in [6, 6.07) is 2.43. The first kappa shape index (κ1) is 9.50. The van der Waals surface area contributed by atoms with Gasteiger partial charge in [-0.1, -0.05) is 6.92 Å². The highest BCUT2D eigenvalue weighted by atomic mass is 16.3. The lowest BCUT2D eigenvalue weighted by Gasteiger charge is -2.20. The van der Waals surface area contributed by atoms with Gasteiger partial charge < -0.3 is 5.11 Å². The van der Waals surface area contributed by atoms with Crippen LogP contribution in [0.1, 0.15) is 19.8 Å². The molecule has 3 heteroatoms. The summed E-state index contributed by atoms with van der Waals surface area (Å²) in [5.74, 6) is 0.667. The van der Waals surface area contributed by atoms with E-state index in [4.69, 9.17) is 10.4 Å². The molecule has 0 bridgehead atoms. The molecule has 0 aliphatic carbocycles. The third-order valence-electron chi connectivity index (χ3n) is 2.46. The monoisotopic (exact) mass is 168 g/mol. The predicted molar refractivity (Wildman–Crippen MR) is 46.5 cm³/mol. The quantitative estimate of drug-likeness (QED) is 0.671. The highest BCUT2D eigenvalue weighted by Gasteiger charge is 2.27. The Balaban J connectivity index is 2.36. The number of aliphatic hydroxyl groups excluding tert-OH is 1. The van der Waals surface area contributed by atoms with Crippen LogP contribution in [0.15, 0.2) is 0 Å². The number of nitrogens with zero attached hydrogens (tertiary/aromatic N) is 2. The van der Waals surface area contributed by atoms with Gasteiger partial charge in [-0.2, -0.15) is 5.26 Å². The fraction of sp³-hybridized carbons (Fsp3) is 0.889. The molecular weight excluding hydrogens is 152 g/mol. The van der Waals surface area contributed by atoms with E-state index < -0.39 is 0 Å². The molecule has 2 atom stereocenters. The van der Waals surface area contributed by atoms with Crippen molar-refractivity contribution >= 4 is 0 Å². The lowest BCUT2D eigenvalue weighted by molar-refractivity contribution is 0.161. The Labute approximate surface area is 73.6 Å². The Morgan fingerprint density at radius 1 is 1.67 bits per heavy atom. The Morgan fingerprint density at radius 3 is 3.00 bits per heavy atom. The maximum absolute atomic E-state index is 9.03. The fourth-order valence-electron chi connectivity index (χ4n) is 1.89. The molecule has 1 N–H and O–H groups in total. The lowest BCUT2D eigenvalue weighted by Crippen LogP contribution is -2.32. The number of nitriles is 1. The van der Waals surface area contributed by atoms with E-state index in [0.29, 0.717) is 18.4 Å². The molecule has 1 aliphatic rings. The zero-order valence-electron chi connectivity index (χ0n) is 7.53. The van der Waals surface area contributed by atoms with Gasteiger partial charge in [-0.15, -0.1) is 0 Å². The molecule has 0 aromatic carbocycles. The minimum absolute atomic E-state index is 0.232. The van der Waals surface area contributed by atoms with E-state index in [1.54, 1.807) is 0 Å². The van der Waals surface area contributed by atoms with E-state index in [2.05, 4.69) is 17.9 Å². The van der Waals surface area contributed by atoms with Gasteiger partial charge in [-0.3, -0.25) is 4.90 Å². The van der Waals surface area contributed by atoms with Crippen LogP contribution in [0.2, 0.25) is 0 Å². The number of hydrogen-bond donors (Lipinski definition) is 1. The minimum Gasteiger partial charge on any atom is -0.395 e. The van der Waals surface area contributed by atoms with Crippen LogP contribution in [0.25, 0.3) is 0 Å². The molecule has 0 aromatic heterocycles. The molecule has 12 heavy (non-hydrogen) atoms.